The van der Waals surface area contributed by atoms with Crippen LogP contribution in [0, 0.1) is 6.92 Å². The summed E-state index contributed by atoms with van der Waals surface area (Å²) in [7, 11) is 5.58. The molecular weight excluding hydrogens is 240 g/mol. The number of aryl methyl sites for hydroxylation is 2. The fourth-order valence-corrected chi connectivity index (χ4v) is 2.23. The van der Waals surface area contributed by atoms with Crippen LogP contribution in [0.3, 0.4) is 0 Å². The predicted molar refractivity (Wildman–Crippen MR) is 77.5 cm³/mol. The summed E-state index contributed by atoms with van der Waals surface area (Å²) in [5, 5.41) is 4.33. The number of methoxy groups -OCH3 is 1. The third-order valence-electron chi connectivity index (χ3n) is 3.15. The van der Waals surface area contributed by atoms with Gasteiger partial charge in [-0.3, -0.25) is 4.68 Å². The lowest BCUT2D eigenvalue weighted by atomic mass is 10.2. The van der Waals surface area contributed by atoms with E-state index in [4.69, 9.17) is 10.5 Å². The summed E-state index contributed by atoms with van der Waals surface area (Å²) >= 11 is 0. The van der Waals surface area contributed by atoms with Gasteiger partial charge in [-0.1, -0.05) is 12.1 Å². The lowest BCUT2D eigenvalue weighted by molar-refractivity contribution is 0.414. The molecule has 0 saturated heterocycles. The predicted octanol–water partition coefficient (Wildman–Crippen LogP) is 1.96. The summed E-state index contributed by atoms with van der Waals surface area (Å²) in [5.74, 6) is 1.79. The van der Waals surface area contributed by atoms with Crippen LogP contribution < -0.4 is 15.4 Å². The number of anilines is 2. The zero-order valence-electron chi connectivity index (χ0n) is 11.8. The number of rotatable bonds is 4. The van der Waals surface area contributed by atoms with Gasteiger partial charge in [-0.15, -0.1) is 0 Å². The first-order valence-corrected chi connectivity index (χ1v) is 6.16. The Hall–Kier alpha value is -2.17. The van der Waals surface area contributed by atoms with Crippen molar-refractivity contribution < 1.29 is 4.74 Å². The summed E-state index contributed by atoms with van der Waals surface area (Å²) in [6, 6.07) is 8.01. The Labute approximate surface area is 113 Å². The van der Waals surface area contributed by atoms with Gasteiger partial charge in [0.05, 0.1) is 18.5 Å². The molecule has 0 unspecified atom stereocenters. The number of ether oxygens (including phenoxy) is 1. The molecule has 0 amide bonds. The van der Waals surface area contributed by atoms with Gasteiger partial charge in [-0.05, 0) is 24.6 Å². The van der Waals surface area contributed by atoms with Crippen LogP contribution in [0.1, 0.15) is 11.3 Å². The Kier molecular flexibility index (Phi) is 3.64. The van der Waals surface area contributed by atoms with E-state index in [0.29, 0.717) is 0 Å². The fraction of sp³-hybridized carbons (Fsp3) is 0.357. The van der Waals surface area contributed by atoms with E-state index in [1.165, 1.54) is 5.56 Å². The van der Waals surface area contributed by atoms with Crippen LogP contribution in [0.4, 0.5) is 11.5 Å². The highest BCUT2D eigenvalue weighted by molar-refractivity contribution is 5.65. The summed E-state index contributed by atoms with van der Waals surface area (Å²) in [5.41, 5.74) is 8.82. The normalized spacial score (nSPS) is 10.5. The van der Waals surface area contributed by atoms with Crippen molar-refractivity contribution in [3.8, 4) is 5.75 Å². The second-order valence-corrected chi connectivity index (χ2v) is 4.65. The average molecular weight is 260 g/mol. The molecule has 0 spiro atoms. The van der Waals surface area contributed by atoms with Crippen molar-refractivity contribution in [2.75, 3.05) is 24.8 Å². The lowest BCUT2D eigenvalue weighted by Gasteiger charge is -2.20. The highest BCUT2D eigenvalue weighted by atomic mass is 16.5. The largest absolute Gasteiger partial charge is 0.497 e. The van der Waals surface area contributed by atoms with Crippen LogP contribution >= 0.6 is 0 Å². The molecule has 5 nitrogen and oxygen atoms in total. The first-order valence-electron chi connectivity index (χ1n) is 6.16. The van der Waals surface area contributed by atoms with E-state index >= 15 is 0 Å². The van der Waals surface area contributed by atoms with Crippen molar-refractivity contribution in [1.29, 1.82) is 0 Å². The van der Waals surface area contributed by atoms with E-state index in [0.717, 1.165) is 29.5 Å². The van der Waals surface area contributed by atoms with E-state index in [2.05, 4.69) is 16.1 Å². The first-order chi connectivity index (χ1) is 9.02. The smallest absolute Gasteiger partial charge is 0.150 e. The number of aromatic nitrogens is 2. The van der Waals surface area contributed by atoms with E-state index < -0.39 is 0 Å². The van der Waals surface area contributed by atoms with E-state index in [1.807, 2.05) is 43.9 Å². The topological polar surface area (TPSA) is 56.3 Å². The maximum Gasteiger partial charge on any atom is 0.150 e. The summed E-state index contributed by atoms with van der Waals surface area (Å²) in [6.07, 6.45) is 0. The molecule has 2 aromatic rings. The first kappa shape index (κ1) is 13.3. The van der Waals surface area contributed by atoms with Gasteiger partial charge in [0, 0.05) is 20.6 Å². The Morgan fingerprint density at radius 2 is 2.16 bits per heavy atom. The molecule has 0 bridgehead atoms. The quantitative estimate of drug-likeness (QED) is 0.913. The molecule has 19 heavy (non-hydrogen) atoms. The van der Waals surface area contributed by atoms with E-state index in [1.54, 1.807) is 7.11 Å². The Balaban J connectivity index is 2.22. The molecule has 2 rings (SSSR count). The molecule has 5 heteroatoms. The maximum atomic E-state index is 6.06. The van der Waals surface area contributed by atoms with Crippen molar-refractivity contribution in [3.05, 3.63) is 35.5 Å². The number of nitrogens with zero attached hydrogens (tertiary/aromatic N) is 3. The third-order valence-corrected chi connectivity index (χ3v) is 3.15. The van der Waals surface area contributed by atoms with Gasteiger partial charge in [0.25, 0.3) is 0 Å². The van der Waals surface area contributed by atoms with E-state index in [9.17, 15) is 0 Å². The van der Waals surface area contributed by atoms with Gasteiger partial charge in [0.15, 0.2) is 0 Å². The molecule has 0 radical (unpaired) electrons. The van der Waals surface area contributed by atoms with Gasteiger partial charge in [-0.2, -0.15) is 5.10 Å². The molecular formula is C14H20N4O. The standard InChI is InChI=1S/C14H20N4O/c1-10-13(15)14(18(3)16-10)17(2)9-11-6-5-7-12(8-11)19-4/h5-8H,9,15H2,1-4H3. The van der Waals surface area contributed by atoms with Gasteiger partial charge < -0.3 is 15.4 Å². The maximum absolute atomic E-state index is 6.06. The Bertz CT molecular complexity index is 577. The molecule has 1 aromatic carbocycles. The second kappa shape index (κ2) is 5.22. The summed E-state index contributed by atoms with van der Waals surface area (Å²) in [6.45, 7) is 2.67. The van der Waals surface area contributed by atoms with Crippen LogP contribution in [-0.4, -0.2) is 23.9 Å². The Morgan fingerprint density at radius 1 is 1.42 bits per heavy atom. The average Bonchev–Trinajstić information content (AvgIpc) is 2.63. The van der Waals surface area contributed by atoms with Crippen molar-refractivity contribution in [2.45, 2.75) is 13.5 Å². The number of benzene rings is 1. The molecule has 0 fully saturated rings. The minimum absolute atomic E-state index is 0.730. The van der Waals surface area contributed by atoms with Crippen molar-refractivity contribution >= 4 is 11.5 Å². The fourth-order valence-electron chi connectivity index (χ4n) is 2.23. The number of nitrogen functional groups attached to an aromatic ring is 1. The lowest BCUT2D eigenvalue weighted by Crippen LogP contribution is -2.20. The third kappa shape index (κ3) is 2.65. The van der Waals surface area contributed by atoms with Crippen LogP contribution in [0.25, 0.3) is 0 Å². The van der Waals surface area contributed by atoms with Crippen LogP contribution in [0.15, 0.2) is 24.3 Å². The zero-order chi connectivity index (χ0) is 14.0. The molecule has 0 saturated carbocycles. The minimum atomic E-state index is 0.730. The van der Waals surface area contributed by atoms with Gasteiger partial charge in [0.2, 0.25) is 0 Å². The van der Waals surface area contributed by atoms with Crippen molar-refractivity contribution in [1.82, 2.24) is 9.78 Å². The van der Waals surface area contributed by atoms with Gasteiger partial charge >= 0.3 is 0 Å². The highest BCUT2D eigenvalue weighted by Crippen LogP contribution is 2.26. The molecule has 1 heterocycles. The molecule has 1 aromatic heterocycles. The van der Waals surface area contributed by atoms with Gasteiger partial charge in [-0.25, -0.2) is 0 Å². The van der Waals surface area contributed by atoms with Gasteiger partial charge in [0.1, 0.15) is 11.6 Å². The molecule has 0 atom stereocenters. The zero-order valence-corrected chi connectivity index (χ0v) is 11.8. The second-order valence-electron chi connectivity index (χ2n) is 4.65. The number of nitrogens with two attached hydrogens (primary N) is 1. The van der Waals surface area contributed by atoms with Crippen LogP contribution in [0.2, 0.25) is 0 Å². The van der Waals surface area contributed by atoms with E-state index in [-0.39, 0.29) is 0 Å². The van der Waals surface area contributed by atoms with Crippen molar-refractivity contribution in [2.24, 2.45) is 7.05 Å². The van der Waals surface area contributed by atoms with Crippen molar-refractivity contribution in [3.63, 3.8) is 0 Å². The summed E-state index contributed by atoms with van der Waals surface area (Å²) < 4.78 is 7.04. The monoisotopic (exact) mass is 260 g/mol. The minimum Gasteiger partial charge on any atom is -0.497 e. The highest BCUT2D eigenvalue weighted by Gasteiger charge is 2.14. The molecule has 0 aliphatic rings. The molecule has 102 valence electrons. The van der Waals surface area contributed by atoms with Crippen LogP contribution in [-0.2, 0) is 13.6 Å². The van der Waals surface area contributed by atoms with Crippen LogP contribution in [0.5, 0.6) is 5.75 Å². The SMILES string of the molecule is COc1cccc(CN(C)c2c(N)c(C)nn2C)c1. The summed E-state index contributed by atoms with van der Waals surface area (Å²) in [4.78, 5) is 2.09. The molecule has 2 N–H and O–H groups in total. The molecule has 0 aliphatic heterocycles. The molecule has 0 aliphatic carbocycles. The number of hydrogen-bond donors (Lipinski definition) is 1. The Morgan fingerprint density at radius 3 is 2.74 bits per heavy atom. The number of hydrogen-bond acceptors (Lipinski definition) is 4.